The molecule has 2 aromatic rings. The summed E-state index contributed by atoms with van der Waals surface area (Å²) in [6.07, 6.45) is 2.23. The van der Waals surface area contributed by atoms with Gasteiger partial charge in [-0.2, -0.15) is 0 Å². The van der Waals surface area contributed by atoms with Crippen LogP contribution < -0.4 is 20.1 Å². The molecule has 1 aliphatic rings. The summed E-state index contributed by atoms with van der Waals surface area (Å²) in [4.78, 5) is 15.1. The molecule has 0 bridgehead atoms. The number of methoxy groups -OCH3 is 2. The first kappa shape index (κ1) is 23.3. The molecule has 2 atom stereocenters. The molecule has 2 unspecified atom stereocenters. The summed E-state index contributed by atoms with van der Waals surface area (Å²) in [5.41, 5.74) is 1.88. The molecular weight excluding hydrogens is 412 g/mol. The Bertz CT molecular complexity index is 926. The number of nitro benzene ring substituents is 1. The van der Waals surface area contributed by atoms with Crippen LogP contribution >= 0.6 is 0 Å². The second-order valence-corrected chi connectivity index (χ2v) is 7.58. The number of aliphatic imine (C=N–C) groups is 1. The fourth-order valence-corrected chi connectivity index (χ4v) is 3.52. The van der Waals surface area contributed by atoms with Crippen molar-refractivity contribution in [2.45, 2.75) is 38.5 Å². The lowest BCUT2D eigenvalue weighted by Crippen LogP contribution is -2.42. The van der Waals surface area contributed by atoms with Crippen molar-refractivity contribution in [3.8, 4) is 11.5 Å². The maximum absolute atomic E-state index is 10.9. The van der Waals surface area contributed by atoms with Crippen LogP contribution in [-0.2, 0) is 11.3 Å². The van der Waals surface area contributed by atoms with Crippen molar-refractivity contribution in [3.05, 3.63) is 63.7 Å². The molecule has 9 nitrogen and oxygen atoms in total. The maximum Gasteiger partial charge on any atom is 0.269 e. The number of rotatable bonds is 9. The predicted octanol–water partition coefficient (Wildman–Crippen LogP) is 3.59. The van der Waals surface area contributed by atoms with E-state index in [1.807, 2.05) is 25.1 Å². The third kappa shape index (κ3) is 6.34. The van der Waals surface area contributed by atoms with E-state index in [2.05, 4.69) is 15.6 Å². The molecule has 0 aromatic heterocycles. The molecular formula is C23H30N4O5. The van der Waals surface area contributed by atoms with E-state index in [4.69, 9.17) is 14.2 Å². The quantitative estimate of drug-likeness (QED) is 0.264. The second kappa shape index (κ2) is 11.3. The number of nitrogens with one attached hydrogen (secondary N) is 2. The zero-order chi connectivity index (χ0) is 22.9. The third-order valence-corrected chi connectivity index (χ3v) is 5.34. The molecule has 32 heavy (non-hydrogen) atoms. The van der Waals surface area contributed by atoms with Crippen molar-refractivity contribution in [2.75, 3.05) is 27.4 Å². The van der Waals surface area contributed by atoms with Crippen LogP contribution in [0.3, 0.4) is 0 Å². The summed E-state index contributed by atoms with van der Waals surface area (Å²) in [6, 6.07) is 12.0. The molecule has 3 rings (SSSR count). The number of hydrogen-bond acceptors (Lipinski definition) is 6. The summed E-state index contributed by atoms with van der Waals surface area (Å²) >= 11 is 0. The number of non-ortho nitro benzene ring substituents is 1. The van der Waals surface area contributed by atoms with Crippen LogP contribution in [0.4, 0.5) is 5.69 Å². The van der Waals surface area contributed by atoms with Gasteiger partial charge in [-0.25, -0.2) is 4.99 Å². The normalized spacial score (nSPS) is 17.0. The van der Waals surface area contributed by atoms with E-state index in [0.717, 1.165) is 42.1 Å². The van der Waals surface area contributed by atoms with Gasteiger partial charge >= 0.3 is 0 Å². The molecule has 9 heteroatoms. The first-order valence-corrected chi connectivity index (χ1v) is 10.6. The molecule has 0 spiro atoms. The van der Waals surface area contributed by atoms with E-state index in [-0.39, 0.29) is 17.8 Å². The zero-order valence-electron chi connectivity index (χ0n) is 18.7. The van der Waals surface area contributed by atoms with E-state index in [0.29, 0.717) is 19.0 Å². The largest absolute Gasteiger partial charge is 0.497 e. The van der Waals surface area contributed by atoms with Crippen molar-refractivity contribution >= 4 is 11.6 Å². The van der Waals surface area contributed by atoms with Gasteiger partial charge in [0.2, 0.25) is 0 Å². The van der Waals surface area contributed by atoms with Crippen LogP contribution in [0.1, 0.15) is 36.9 Å². The Balaban J connectivity index is 1.75. The second-order valence-electron chi connectivity index (χ2n) is 7.58. The molecule has 2 N–H and O–H groups in total. The SMILES string of the molecule is COc1ccc(OC)c(C(C)NC(=NCc2ccc([N+](=O)[O-])cc2)NCC2CCCO2)c1. The molecule has 1 heterocycles. The van der Waals surface area contributed by atoms with Crippen molar-refractivity contribution < 1.29 is 19.1 Å². The van der Waals surface area contributed by atoms with E-state index < -0.39 is 4.92 Å². The smallest absolute Gasteiger partial charge is 0.269 e. The summed E-state index contributed by atoms with van der Waals surface area (Å²) in [7, 11) is 3.27. The summed E-state index contributed by atoms with van der Waals surface area (Å²) in [5, 5.41) is 17.7. The van der Waals surface area contributed by atoms with Crippen LogP contribution in [0, 0.1) is 10.1 Å². The predicted molar refractivity (Wildman–Crippen MR) is 122 cm³/mol. The average Bonchev–Trinajstić information content (AvgIpc) is 3.34. The summed E-state index contributed by atoms with van der Waals surface area (Å²) in [6.45, 7) is 3.83. The highest BCUT2D eigenvalue weighted by atomic mass is 16.6. The highest BCUT2D eigenvalue weighted by molar-refractivity contribution is 5.80. The van der Waals surface area contributed by atoms with Crippen LogP contribution in [0.25, 0.3) is 0 Å². The minimum atomic E-state index is -0.410. The van der Waals surface area contributed by atoms with Crippen LogP contribution in [0.15, 0.2) is 47.5 Å². The van der Waals surface area contributed by atoms with Crippen LogP contribution in [0.2, 0.25) is 0 Å². The summed E-state index contributed by atoms with van der Waals surface area (Å²) in [5.74, 6) is 2.11. The Labute approximate surface area is 187 Å². The van der Waals surface area contributed by atoms with E-state index >= 15 is 0 Å². The van der Waals surface area contributed by atoms with Crippen molar-refractivity contribution in [1.82, 2.24) is 10.6 Å². The third-order valence-electron chi connectivity index (χ3n) is 5.34. The fourth-order valence-electron chi connectivity index (χ4n) is 3.52. The van der Waals surface area contributed by atoms with Crippen molar-refractivity contribution in [2.24, 2.45) is 4.99 Å². The minimum Gasteiger partial charge on any atom is -0.497 e. The molecule has 0 saturated carbocycles. The Hall–Kier alpha value is -3.33. The van der Waals surface area contributed by atoms with Gasteiger partial charge in [0.15, 0.2) is 5.96 Å². The Kier molecular flexibility index (Phi) is 8.27. The topological polar surface area (TPSA) is 107 Å². The van der Waals surface area contributed by atoms with Gasteiger partial charge in [-0.05, 0) is 43.5 Å². The lowest BCUT2D eigenvalue weighted by atomic mass is 10.1. The van der Waals surface area contributed by atoms with Crippen molar-refractivity contribution in [1.29, 1.82) is 0 Å². The van der Waals surface area contributed by atoms with Crippen molar-refractivity contribution in [3.63, 3.8) is 0 Å². The molecule has 0 aliphatic carbocycles. The molecule has 2 aromatic carbocycles. The first-order valence-electron chi connectivity index (χ1n) is 10.6. The van der Waals surface area contributed by atoms with Gasteiger partial charge in [0, 0.05) is 30.8 Å². The zero-order valence-corrected chi connectivity index (χ0v) is 18.7. The molecule has 1 aliphatic heterocycles. The van der Waals surface area contributed by atoms with Gasteiger partial charge in [0.1, 0.15) is 11.5 Å². The van der Waals surface area contributed by atoms with Crippen LogP contribution in [-0.4, -0.2) is 44.4 Å². The van der Waals surface area contributed by atoms with Gasteiger partial charge in [0.25, 0.3) is 5.69 Å². The van der Waals surface area contributed by atoms with Gasteiger partial charge < -0.3 is 24.8 Å². The van der Waals surface area contributed by atoms with Gasteiger partial charge in [-0.3, -0.25) is 10.1 Å². The lowest BCUT2D eigenvalue weighted by Gasteiger charge is -2.22. The Morgan fingerprint density at radius 2 is 2.03 bits per heavy atom. The van der Waals surface area contributed by atoms with Gasteiger partial charge in [0.05, 0.1) is 37.8 Å². The highest BCUT2D eigenvalue weighted by Crippen LogP contribution is 2.29. The Morgan fingerprint density at radius 3 is 2.66 bits per heavy atom. The Morgan fingerprint density at radius 1 is 1.25 bits per heavy atom. The number of guanidine groups is 1. The maximum atomic E-state index is 10.9. The summed E-state index contributed by atoms with van der Waals surface area (Å²) < 4.78 is 16.6. The number of hydrogen-bond donors (Lipinski definition) is 2. The minimum absolute atomic E-state index is 0.0614. The standard InChI is InChI=1S/C23H30N4O5/c1-16(21-13-19(30-2)10-11-22(21)31-3)26-23(25-15-20-5-4-12-32-20)24-14-17-6-8-18(9-7-17)27(28)29/h6-11,13,16,20H,4-5,12,14-15H2,1-3H3,(H2,24,25,26). The van der Waals surface area contributed by atoms with E-state index in [9.17, 15) is 10.1 Å². The molecule has 1 fully saturated rings. The fraction of sp³-hybridized carbons (Fsp3) is 0.435. The van der Waals surface area contributed by atoms with Gasteiger partial charge in [-0.15, -0.1) is 0 Å². The van der Waals surface area contributed by atoms with Gasteiger partial charge in [-0.1, -0.05) is 12.1 Å². The number of nitro groups is 1. The van der Waals surface area contributed by atoms with Crippen LogP contribution in [0.5, 0.6) is 11.5 Å². The van der Waals surface area contributed by atoms with E-state index in [1.54, 1.807) is 26.4 Å². The average molecular weight is 443 g/mol. The van der Waals surface area contributed by atoms with E-state index in [1.165, 1.54) is 12.1 Å². The number of benzene rings is 2. The number of ether oxygens (including phenoxy) is 3. The first-order chi connectivity index (χ1) is 15.5. The lowest BCUT2D eigenvalue weighted by molar-refractivity contribution is -0.384. The molecule has 1 saturated heterocycles. The molecule has 172 valence electrons. The highest BCUT2D eigenvalue weighted by Gasteiger charge is 2.18. The molecule has 0 radical (unpaired) electrons. The monoisotopic (exact) mass is 442 g/mol. The molecule has 0 amide bonds. The number of nitrogens with zero attached hydrogens (tertiary/aromatic N) is 2.